The average Bonchev–Trinajstić information content (AvgIpc) is 3.83. The lowest BCUT2D eigenvalue weighted by molar-refractivity contribution is 0.795. The molecule has 300 valence electrons. The summed E-state index contributed by atoms with van der Waals surface area (Å²) in [6, 6.07) is 91.5. The third kappa shape index (κ3) is 5.44. The Kier molecular flexibility index (Phi) is 7.71. The van der Waals surface area contributed by atoms with E-state index >= 15 is 0 Å². The van der Waals surface area contributed by atoms with Gasteiger partial charge in [-0.25, -0.2) is 0 Å². The second kappa shape index (κ2) is 13.8. The molecule has 12 aromatic rings. The van der Waals surface area contributed by atoms with Crippen molar-refractivity contribution in [2.75, 3.05) is 0 Å². The molecule has 0 heteroatoms. The van der Waals surface area contributed by atoms with Crippen LogP contribution in [0.2, 0.25) is 0 Å². The van der Waals surface area contributed by atoms with Gasteiger partial charge in [0.1, 0.15) is 0 Å². The van der Waals surface area contributed by atoms with Crippen molar-refractivity contribution in [1.29, 1.82) is 0 Å². The molecule has 0 nitrogen and oxygen atoms in total. The summed E-state index contributed by atoms with van der Waals surface area (Å²) in [5.41, 5.74) is 19.7. The van der Waals surface area contributed by atoms with Gasteiger partial charge in [0, 0.05) is 0 Å². The van der Waals surface area contributed by atoms with Crippen molar-refractivity contribution >= 4 is 43.1 Å². The minimum Gasteiger partial charge on any atom is -0.0616 e. The molecule has 0 atom stereocenters. The van der Waals surface area contributed by atoms with Gasteiger partial charge in [0.25, 0.3) is 0 Å². The van der Waals surface area contributed by atoms with Crippen LogP contribution in [-0.2, 0) is 5.41 Å². The van der Waals surface area contributed by atoms with Crippen molar-refractivity contribution in [2.45, 2.75) is 5.41 Å². The molecule has 2 aliphatic rings. The molecule has 0 aliphatic heterocycles. The zero-order chi connectivity index (χ0) is 42.6. The molecule has 0 bridgehead atoms. The molecule has 0 heterocycles. The Morgan fingerprint density at radius 3 is 0.615 bits per heavy atom. The topological polar surface area (TPSA) is 0 Å². The maximum atomic E-state index is 2.53. The van der Waals surface area contributed by atoms with E-state index in [1.807, 2.05) is 0 Å². The lowest BCUT2D eigenvalue weighted by atomic mass is 9.69. The normalized spacial score (nSPS) is 13.0. The molecule has 0 aromatic heterocycles. The van der Waals surface area contributed by atoms with Crippen molar-refractivity contribution in [3.8, 4) is 66.8 Å². The van der Waals surface area contributed by atoms with Crippen LogP contribution in [0.4, 0.5) is 0 Å². The second-order valence-corrected chi connectivity index (χ2v) is 18.0. The van der Waals surface area contributed by atoms with Gasteiger partial charge in [0.15, 0.2) is 0 Å². The molecule has 0 unspecified atom stereocenters. The van der Waals surface area contributed by atoms with Gasteiger partial charge in [-0.1, -0.05) is 194 Å². The number of fused-ring (bicyclic) bond motifs is 14. The summed E-state index contributed by atoms with van der Waals surface area (Å²) in [4.78, 5) is 0. The summed E-state index contributed by atoms with van der Waals surface area (Å²) in [6.07, 6.45) is 0. The van der Waals surface area contributed by atoms with E-state index in [1.54, 1.807) is 0 Å². The molecule has 0 N–H and O–H groups in total. The fourth-order valence-corrected chi connectivity index (χ4v) is 11.4. The van der Waals surface area contributed by atoms with Crippen molar-refractivity contribution in [1.82, 2.24) is 0 Å². The Hall–Kier alpha value is -8.32. The first kappa shape index (κ1) is 36.2. The van der Waals surface area contributed by atoms with E-state index in [2.05, 4.69) is 243 Å². The first-order chi connectivity index (χ1) is 32.2. The molecule has 0 saturated heterocycles. The van der Waals surface area contributed by atoms with Crippen LogP contribution < -0.4 is 0 Å². The fourth-order valence-electron chi connectivity index (χ4n) is 11.4. The number of rotatable bonds is 4. The van der Waals surface area contributed by atoms with E-state index in [1.165, 1.54) is 132 Å². The molecule has 65 heavy (non-hydrogen) atoms. The Morgan fingerprint density at radius 1 is 0.169 bits per heavy atom. The van der Waals surface area contributed by atoms with Crippen molar-refractivity contribution in [2.24, 2.45) is 0 Å². The minimum absolute atomic E-state index is 0.602. The Labute approximate surface area is 378 Å². The zero-order valence-corrected chi connectivity index (χ0v) is 35.6. The standard InChI is InChI=1S/C65H40/c1-5-13-45-33-49(21-17-41(45)9-1)53-25-29-57-58-30-26-54(50-22-18-42-10-2-6-14-46(42)34-50)38-62(58)65(61(57)37-53)63-39-55(51-23-19-43-11-3-7-15-47(43)35-51)27-31-59(63)60-32-28-56(40-64(60)65)52-24-20-44-12-4-8-16-48(44)36-52/h1-40H. The first-order valence-corrected chi connectivity index (χ1v) is 22.7. The highest BCUT2D eigenvalue weighted by Crippen LogP contribution is 2.64. The fraction of sp³-hybridized carbons (Fsp3) is 0.0154. The van der Waals surface area contributed by atoms with Crippen LogP contribution in [0.15, 0.2) is 243 Å². The van der Waals surface area contributed by atoms with Crippen LogP contribution >= 0.6 is 0 Å². The van der Waals surface area contributed by atoms with E-state index < -0.39 is 5.41 Å². The van der Waals surface area contributed by atoms with Gasteiger partial charge in [-0.05, 0) is 181 Å². The van der Waals surface area contributed by atoms with Crippen molar-refractivity contribution in [3.05, 3.63) is 265 Å². The summed E-state index contributed by atoms with van der Waals surface area (Å²) in [5.74, 6) is 0. The van der Waals surface area contributed by atoms with E-state index in [0.717, 1.165) is 0 Å². The van der Waals surface area contributed by atoms with E-state index in [0.29, 0.717) is 0 Å². The number of hydrogen-bond donors (Lipinski definition) is 0. The summed E-state index contributed by atoms with van der Waals surface area (Å²) in [5, 5.41) is 10.0. The lowest BCUT2D eigenvalue weighted by Gasteiger charge is -2.32. The molecular formula is C65H40. The van der Waals surface area contributed by atoms with Crippen LogP contribution in [0.25, 0.3) is 110 Å². The molecular weight excluding hydrogens is 781 g/mol. The summed E-state index contributed by atoms with van der Waals surface area (Å²) >= 11 is 0. The Morgan fingerprint density at radius 2 is 0.369 bits per heavy atom. The second-order valence-electron chi connectivity index (χ2n) is 18.0. The molecule has 0 amide bonds. The first-order valence-electron chi connectivity index (χ1n) is 22.7. The third-order valence-corrected chi connectivity index (χ3v) is 14.6. The van der Waals surface area contributed by atoms with Gasteiger partial charge >= 0.3 is 0 Å². The summed E-state index contributed by atoms with van der Waals surface area (Å²) < 4.78 is 0. The van der Waals surface area contributed by atoms with Gasteiger partial charge in [0.05, 0.1) is 5.41 Å². The molecule has 0 saturated carbocycles. The molecule has 0 fully saturated rings. The van der Waals surface area contributed by atoms with Crippen LogP contribution in [0, 0.1) is 0 Å². The highest BCUT2D eigenvalue weighted by atomic mass is 14.5. The molecule has 2 aliphatic carbocycles. The van der Waals surface area contributed by atoms with Crippen LogP contribution in [0.3, 0.4) is 0 Å². The zero-order valence-electron chi connectivity index (χ0n) is 35.6. The van der Waals surface area contributed by atoms with Crippen LogP contribution in [-0.4, -0.2) is 0 Å². The molecule has 12 aromatic carbocycles. The van der Waals surface area contributed by atoms with E-state index in [4.69, 9.17) is 0 Å². The average molecular weight is 821 g/mol. The van der Waals surface area contributed by atoms with Gasteiger partial charge in [-0.3, -0.25) is 0 Å². The predicted molar refractivity (Wildman–Crippen MR) is 275 cm³/mol. The summed E-state index contributed by atoms with van der Waals surface area (Å²) in [6.45, 7) is 0. The monoisotopic (exact) mass is 820 g/mol. The highest BCUT2D eigenvalue weighted by Gasteiger charge is 2.52. The van der Waals surface area contributed by atoms with Gasteiger partial charge in [-0.2, -0.15) is 0 Å². The highest BCUT2D eigenvalue weighted by molar-refractivity contribution is 6.00. The maximum Gasteiger partial charge on any atom is 0.0726 e. The Bertz CT molecular complexity index is 3440. The van der Waals surface area contributed by atoms with Gasteiger partial charge < -0.3 is 0 Å². The SMILES string of the molecule is c1ccc2cc(-c3ccc4c(c3)C3(c5cc(-c6ccc7ccccc7c6)ccc5-4)c4cc(-c5ccc6ccccc6c5)ccc4-c4ccc(-c5ccc6ccccc6c5)cc43)ccc2c1. The molecule has 0 radical (unpaired) electrons. The third-order valence-electron chi connectivity index (χ3n) is 14.6. The molecule has 1 spiro atoms. The summed E-state index contributed by atoms with van der Waals surface area (Å²) in [7, 11) is 0. The Balaban J connectivity index is 1.07. The lowest BCUT2D eigenvalue weighted by Crippen LogP contribution is -2.26. The predicted octanol–water partition coefficient (Wildman–Crippen LogP) is 17.3. The number of hydrogen-bond acceptors (Lipinski definition) is 0. The van der Waals surface area contributed by atoms with E-state index in [9.17, 15) is 0 Å². The smallest absolute Gasteiger partial charge is 0.0616 e. The van der Waals surface area contributed by atoms with Gasteiger partial charge in [0.2, 0.25) is 0 Å². The number of benzene rings is 12. The maximum absolute atomic E-state index is 2.53. The van der Waals surface area contributed by atoms with Crippen LogP contribution in [0.5, 0.6) is 0 Å². The van der Waals surface area contributed by atoms with Crippen molar-refractivity contribution in [3.63, 3.8) is 0 Å². The van der Waals surface area contributed by atoms with Crippen LogP contribution in [0.1, 0.15) is 22.3 Å². The van der Waals surface area contributed by atoms with E-state index in [-0.39, 0.29) is 0 Å². The van der Waals surface area contributed by atoms with Gasteiger partial charge in [-0.15, -0.1) is 0 Å². The van der Waals surface area contributed by atoms with Crippen molar-refractivity contribution < 1.29 is 0 Å². The molecule has 14 rings (SSSR count). The minimum atomic E-state index is -0.602. The largest absolute Gasteiger partial charge is 0.0726 e. The quantitative estimate of drug-likeness (QED) is 0.166.